The van der Waals surface area contributed by atoms with Gasteiger partial charge in [0.2, 0.25) is 0 Å². The molecule has 0 fully saturated rings. The van der Waals surface area contributed by atoms with E-state index in [2.05, 4.69) is 41.7 Å². The highest BCUT2D eigenvalue weighted by Gasteiger charge is 2.24. The fourth-order valence-electron chi connectivity index (χ4n) is 5.00. The van der Waals surface area contributed by atoms with Crippen LogP contribution in [0, 0.1) is 5.92 Å². The number of carbonyl (C=O) groups excluding carboxylic acids is 1. The summed E-state index contributed by atoms with van der Waals surface area (Å²) >= 11 is 6.27. The summed E-state index contributed by atoms with van der Waals surface area (Å²) < 4.78 is 5.41. The van der Waals surface area contributed by atoms with Gasteiger partial charge < -0.3 is 10.1 Å². The number of benzene rings is 3. The van der Waals surface area contributed by atoms with Crippen LogP contribution >= 0.6 is 11.6 Å². The van der Waals surface area contributed by atoms with E-state index in [1.807, 2.05) is 67.0 Å². The minimum absolute atomic E-state index is 0.130. The number of carbonyl (C=O) groups is 1. The molecule has 3 aromatic rings. The summed E-state index contributed by atoms with van der Waals surface area (Å²) in [5.74, 6) is 0.631. The maximum atomic E-state index is 13.3. The molecule has 3 aliphatic rings. The number of allylic oxidation sites excluding steroid dienone is 4. The van der Waals surface area contributed by atoms with Crippen LogP contribution in [0.2, 0.25) is 5.02 Å². The summed E-state index contributed by atoms with van der Waals surface area (Å²) in [5.41, 5.74) is 5.66. The van der Waals surface area contributed by atoms with E-state index < -0.39 is 0 Å². The summed E-state index contributed by atoms with van der Waals surface area (Å²) in [6, 6.07) is 18.0. The third kappa shape index (κ3) is 4.93. The summed E-state index contributed by atoms with van der Waals surface area (Å²) in [5, 5.41) is 6.11. The van der Waals surface area contributed by atoms with Gasteiger partial charge in [-0.1, -0.05) is 66.2 Å². The zero-order valence-corrected chi connectivity index (χ0v) is 21.0. The quantitative estimate of drug-likeness (QED) is 0.472. The molecule has 2 aliphatic carbocycles. The topological polar surface area (TPSA) is 38.3 Å². The number of hydrogen-bond donors (Lipinski definition) is 1. The molecule has 0 saturated carbocycles. The minimum Gasteiger partial charge on any atom is -0.496 e. The second kappa shape index (κ2) is 10.8. The molecule has 4 heteroatoms. The lowest BCUT2D eigenvalue weighted by molar-refractivity contribution is 0.0943. The molecule has 1 heterocycles. The maximum absolute atomic E-state index is 13.3. The number of methoxy groups -OCH3 is 1. The van der Waals surface area contributed by atoms with Gasteiger partial charge in [0.25, 0.3) is 0 Å². The van der Waals surface area contributed by atoms with Crippen molar-refractivity contribution in [2.75, 3.05) is 7.11 Å². The van der Waals surface area contributed by atoms with Gasteiger partial charge in [-0.15, -0.1) is 0 Å². The molecule has 0 aromatic heterocycles. The molecule has 180 valence electrons. The van der Waals surface area contributed by atoms with Crippen LogP contribution < -0.4 is 20.5 Å². The Morgan fingerprint density at radius 2 is 1.69 bits per heavy atom. The molecular weight excluding hydrogens is 466 g/mol. The first-order valence-electron chi connectivity index (χ1n) is 12.2. The molecule has 1 atom stereocenters. The summed E-state index contributed by atoms with van der Waals surface area (Å²) in [6.07, 6.45) is 18.6. The van der Waals surface area contributed by atoms with Crippen molar-refractivity contribution in [2.24, 2.45) is 5.92 Å². The minimum atomic E-state index is -0.139. The van der Waals surface area contributed by atoms with Crippen LogP contribution in [0.25, 0.3) is 23.3 Å². The maximum Gasteiger partial charge on any atom is 0.173 e. The van der Waals surface area contributed by atoms with Crippen LogP contribution in [0.5, 0.6) is 5.75 Å². The number of halogens is 1. The van der Waals surface area contributed by atoms with E-state index in [0.717, 1.165) is 24.3 Å². The molecule has 0 saturated heterocycles. The van der Waals surface area contributed by atoms with Gasteiger partial charge in [0.15, 0.2) is 5.78 Å². The van der Waals surface area contributed by atoms with E-state index in [1.54, 1.807) is 7.11 Å². The van der Waals surface area contributed by atoms with Crippen molar-refractivity contribution < 1.29 is 9.53 Å². The van der Waals surface area contributed by atoms with Crippen molar-refractivity contribution in [1.82, 2.24) is 5.32 Å². The van der Waals surface area contributed by atoms with Crippen molar-refractivity contribution in [3.8, 4) is 16.9 Å². The highest BCUT2D eigenvalue weighted by atomic mass is 35.5. The predicted octanol–water partition coefficient (Wildman–Crippen LogP) is 5.75. The largest absolute Gasteiger partial charge is 0.496 e. The smallest absolute Gasteiger partial charge is 0.173 e. The fraction of sp³-hybridized carbons (Fsp3) is 0.156. The molecule has 1 unspecified atom stereocenters. The first-order valence-corrected chi connectivity index (χ1v) is 12.6. The number of Topliss-reactive ketones (excluding diaryl/α,β-unsaturated/α-hetero) is 1. The Morgan fingerprint density at radius 1 is 0.917 bits per heavy atom. The molecule has 0 spiro atoms. The Balaban J connectivity index is 0.000000330. The number of aryl methyl sites for hydroxylation is 1. The molecule has 36 heavy (non-hydrogen) atoms. The lowest BCUT2D eigenvalue weighted by Crippen LogP contribution is -2.37. The van der Waals surface area contributed by atoms with E-state index in [9.17, 15) is 4.79 Å². The predicted molar refractivity (Wildman–Crippen MR) is 148 cm³/mol. The van der Waals surface area contributed by atoms with Crippen LogP contribution in [0.15, 0.2) is 91.3 Å². The molecule has 1 N–H and O–H groups in total. The molecule has 0 bridgehead atoms. The zero-order valence-electron chi connectivity index (χ0n) is 20.2. The number of fused-ring (bicyclic) bond motifs is 5. The van der Waals surface area contributed by atoms with E-state index in [1.165, 1.54) is 32.7 Å². The second-order valence-electron chi connectivity index (χ2n) is 8.96. The number of hydrogen-bond acceptors (Lipinski definition) is 3. The van der Waals surface area contributed by atoms with Crippen molar-refractivity contribution in [3.63, 3.8) is 0 Å². The summed E-state index contributed by atoms with van der Waals surface area (Å²) in [7, 11) is 1.61. The Bertz CT molecular complexity index is 1500. The number of para-hydroxylation sites is 1. The summed E-state index contributed by atoms with van der Waals surface area (Å²) in [6.45, 7) is 0. The number of ketones is 1. The van der Waals surface area contributed by atoms with Gasteiger partial charge in [0.05, 0.1) is 12.7 Å². The van der Waals surface area contributed by atoms with Gasteiger partial charge in [0, 0.05) is 23.3 Å². The number of ether oxygens (including phenoxy) is 1. The van der Waals surface area contributed by atoms with Crippen LogP contribution in [-0.2, 0) is 12.8 Å². The standard InChI is InChI=1S/C26H21ClO2.C6H7N/c1-29-25-5-3-2-4-22(25)26(28)18-7-6-16-9-13-21-20(23(16)14-18)12-10-17-8-11-19(27)15-24(17)21;1-2-4-6-7-5-3-1/h2-5,8-9,11-15,18H,6-7,10H2,1H3;1-7H. The highest BCUT2D eigenvalue weighted by Crippen LogP contribution is 2.29. The Morgan fingerprint density at radius 3 is 2.50 bits per heavy atom. The van der Waals surface area contributed by atoms with Gasteiger partial charge in [-0.2, -0.15) is 0 Å². The number of rotatable bonds is 3. The fourth-order valence-corrected chi connectivity index (χ4v) is 5.17. The normalized spacial score (nSPS) is 16.4. The lowest BCUT2D eigenvalue weighted by Gasteiger charge is -2.22. The molecule has 3 aromatic carbocycles. The first kappa shape index (κ1) is 23.9. The third-order valence-corrected chi connectivity index (χ3v) is 7.02. The van der Waals surface area contributed by atoms with Crippen LogP contribution in [0.1, 0.15) is 27.9 Å². The van der Waals surface area contributed by atoms with E-state index >= 15 is 0 Å². The van der Waals surface area contributed by atoms with Gasteiger partial charge in [-0.05, 0) is 88.4 Å². The summed E-state index contributed by atoms with van der Waals surface area (Å²) in [4.78, 5) is 13.3. The molecule has 0 radical (unpaired) electrons. The molecule has 6 rings (SSSR count). The Labute approximate surface area is 216 Å². The molecule has 1 aliphatic heterocycles. The third-order valence-electron chi connectivity index (χ3n) is 6.79. The van der Waals surface area contributed by atoms with Crippen molar-refractivity contribution in [3.05, 3.63) is 123 Å². The van der Waals surface area contributed by atoms with Crippen LogP contribution in [0.3, 0.4) is 0 Å². The van der Waals surface area contributed by atoms with Gasteiger partial charge in [-0.3, -0.25) is 4.79 Å². The van der Waals surface area contributed by atoms with Crippen LogP contribution in [-0.4, -0.2) is 12.9 Å². The second-order valence-corrected chi connectivity index (χ2v) is 9.39. The molecule has 0 amide bonds. The monoisotopic (exact) mass is 493 g/mol. The zero-order chi connectivity index (χ0) is 24.9. The van der Waals surface area contributed by atoms with Gasteiger partial charge in [0.1, 0.15) is 5.75 Å². The van der Waals surface area contributed by atoms with Crippen molar-refractivity contribution >= 4 is 29.5 Å². The highest BCUT2D eigenvalue weighted by molar-refractivity contribution is 6.30. The first-order chi connectivity index (χ1) is 17.7. The number of nitrogens with one attached hydrogen (secondary N) is 1. The van der Waals surface area contributed by atoms with E-state index in [0.29, 0.717) is 11.3 Å². The Hall–Kier alpha value is -3.82. The SMILES string of the molecule is C1=CC=CNC=C1.COc1ccccc1C(=O)C1C=c2c(ccc3c2=CCc2ccc(Cl)cc2-3)CC1. The van der Waals surface area contributed by atoms with Crippen molar-refractivity contribution in [1.29, 1.82) is 0 Å². The van der Waals surface area contributed by atoms with Crippen LogP contribution in [0.4, 0.5) is 0 Å². The average molecular weight is 494 g/mol. The van der Waals surface area contributed by atoms with Gasteiger partial charge in [-0.25, -0.2) is 0 Å². The molecular formula is C32H28ClNO2. The van der Waals surface area contributed by atoms with E-state index in [-0.39, 0.29) is 11.7 Å². The lowest BCUT2D eigenvalue weighted by atomic mass is 9.82. The van der Waals surface area contributed by atoms with Crippen molar-refractivity contribution in [2.45, 2.75) is 19.3 Å². The van der Waals surface area contributed by atoms with E-state index in [4.69, 9.17) is 16.3 Å². The molecule has 3 nitrogen and oxygen atoms in total. The average Bonchev–Trinajstić information content (AvgIpc) is 3.25. The Kier molecular flexibility index (Phi) is 7.20. The van der Waals surface area contributed by atoms with Gasteiger partial charge >= 0.3 is 0 Å².